The summed E-state index contributed by atoms with van der Waals surface area (Å²) in [4.78, 5) is 35.1. The van der Waals surface area contributed by atoms with Crippen LogP contribution in [0.25, 0.3) is 0 Å². The van der Waals surface area contributed by atoms with Gasteiger partial charge in [-0.1, -0.05) is 18.2 Å². The minimum absolute atomic E-state index is 0.0718. The second kappa shape index (κ2) is 6.13. The highest BCUT2D eigenvalue weighted by atomic mass is 16.4. The fraction of sp³-hybridized carbons (Fsp3) is 0.133. The first kappa shape index (κ1) is 15.3. The van der Waals surface area contributed by atoms with Crippen molar-refractivity contribution >= 4 is 29.3 Å². The first-order chi connectivity index (χ1) is 10.4. The maximum Gasteiger partial charge on any atom is 0.326 e. The van der Waals surface area contributed by atoms with Crippen LogP contribution in [0.4, 0.5) is 16.4 Å². The quantitative estimate of drug-likeness (QED) is 0.753. The zero-order chi connectivity index (χ0) is 16.3. The Morgan fingerprint density at radius 2 is 1.68 bits per heavy atom. The summed E-state index contributed by atoms with van der Waals surface area (Å²) in [6.07, 6.45) is 0. The van der Waals surface area contributed by atoms with E-state index >= 15 is 0 Å². The van der Waals surface area contributed by atoms with Crippen LogP contribution in [0.3, 0.4) is 0 Å². The third kappa shape index (κ3) is 3.14. The molecule has 2 rings (SSSR count). The second-order valence-electron chi connectivity index (χ2n) is 4.60. The molecule has 0 radical (unpaired) electrons. The van der Waals surface area contributed by atoms with Crippen molar-refractivity contribution in [2.75, 3.05) is 10.6 Å². The summed E-state index contributed by atoms with van der Waals surface area (Å²) in [5.41, 5.74) is 5.78. The fourth-order valence-electron chi connectivity index (χ4n) is 2.08. The third-order valence-corrected chi connectivity index (χ3v) is 2.94. The van der Waals surface area contributed by atoms with Crippen LogP contribution >= 0.6 is 0 Å². The summed E-state index contributed by atoms with van der Waals surface area (Å²) in [7, 11) is 0. The molecule has 0 aliphatic rings. The number of rotatable bonds is 4. The molecule has 2 aromatic rings. The number of anilines is 2. The third-order valence-electron chi connectivity index (χ3n) is 2.94. The average Bonchev–Trinajstić information content (AvgIpc) is 2.76. The van der Waals surface area contributed by atoms with Crippen molar-refractivity contribution in [2.45, 2.75) is 13.8 Å². The number of para-hydroxylation sites is 1. The summed E-state index contributed by atoms with van der Waals surface area (Å²) < 4.78 is 5.28. The molecule has 7 nitrogen and oxygen atoms in total. The van der Waals surface area contributed by atoms with Crippen LogP contribution in [0, 0.1) is 6.92 Å². The van der Waals surface area contributed by atoms with Gasteiger partial charge in [0, 0.05) is 5.69 Å². The van der Waals surface area contributed by atoms with Gasteiger partial charge in [0.2, 0.25) is 5.88 Å². The molecular formula is C15H15N3O4. The Kier molecular flexibility index (Phi) is 4.26. The van der Waals surface area contributed by atoms with Crippen molar-refractivity contribution in [1.82, 2.24) is 0 Å². The van der Waals surface area contributed by atoms with Crippen LogP contribution in [0.1, 0.15) is 33.4 Å². The van der Waals surface area contributed by atoms with Crippen molar-refractivity contribution in [1.29, 1.82) is 0 Å². The van der Waals surface area contributed by atoms with Gasteiger partial charge in [-0.2, -0.15) is 0 Å². The largest absolute Gasteiger partial charge is 0.444 e. The summed E-state index contributed by atoms with van der Waals surface area (Å²) in [5.74, 6) is -1.15. The molecule has 0 bridgehead atoms. The van der Waals surface area contributed by atoms with E-state index < -0.39 is 11.9 Å². The van der Waals surface area contributed by atoms with Crippen LogP contribution in [-0.2, 0) is 0 Å². The number of nitrogens with one attached hydrogen (secondary N) is 2. The number of benzene rings is 1. The van der Waals surface area contributed by atoms with E-state index in [0.717, 1.165) is 0 Å². The molecule has 1 heterocycles. The van der Waals surface area contributed by atoms with Gasteiger partial charge < -0.3 is 15.5 Å². The predicted molar refractivity (Wildman–Crippen MR) is 81.1 cm³/mol. The maximum absolute atomic E-state index is 11.9. The molecule has 0 spiro atoms. The first-order valence-electron chi connectivity index (χ1n) is 6.47. The lowest BCUT2D eigenvalue weighted by molar-refractivity contribution is 0.0974. The van der Waals surface area contributed by atoms with E-state index in [-0.39, 0.29) is 28.6 Å². The highest BCUT2D eigenvalue weighted by Gasteiger charge is 2.26. The number of primary amides is 1. The fourth-order valence-corrected chi connectivity index (χ4v) is 2.08. The lowest BCUT2D eigenvalue weighted by atomic mass is 10.1. The summed E-state index contributed by atoms with van der Waals surface area (Å²) in [6, 6.07) is 8.11. The topological polar surface area (TPSA) is 114 Å². The van der Waals surface area contributed by atoms with Crippen LogP contribution in [-0.4, -0.2) is 17.7 Å². The summed E-state index contributed by atoms with van der Waals surface area (Å²) >= 11 is 0. The first-order valence-corrected chi connectivity index (χ1v) is 6.47. The van der Waals surface area contributed by atoms with E-state index in [1.807, 2.05) is 6.07 Å². The zero-order valence-electron chi connectivity index (χ0n) is 12.1. The molecule has 114 valence electrons. The van der Waals surface area contributed by atoms with Gasteiger partial charge in [-0.25, -0.2) is 4.79 Å². The number of ketones is 1. The molecule has 0 fully saturated rings. The van der Waals surface area contributed by atoms with Crippen LogP contribution in [0.15, 0.2) is 34.7 Å². The van der Waals surface area contributed by atoms with Gasteiger partial charge in [-0.3, -0.25) is 14.9 Å². The smallest absolute Gasteiger partial charge is 0.326 e. The monoisotopic (exact) mass is 301 g/mol. The van der Waals surface area contributed by atoms with Crippen LogP contribution in [0.2, 0.25) is 0 Å². The van der Waals surface area contributed by atoms with Crippen molar-refractivity contribution in [3.05, 3.63) is 47.2 Å². The van der Waals surface area contributed by atoms with E-state index in [4.69, 9.17) is 10.2 Å². The molecule has 4 N–H and O–H groups in total. The van der Waals surface area contributed by atoms with Gasteiger partial charge in [0.25, 0.3) is 5.91 Å². The van der Waals surface area contributed by atoms with Crippen molar-refractivity contribution in [3.63, 3.8) is 0 Å². The Bertz CT molecular complexity index is 735. The van der Waals surface area contributed by atoms with Crippen molar-refractivity contribution in [3.8, 4) is 0 Å². The molecule has 0 saturated heterocycles. The van der Waals surface area contributed by atoms with E-state index in [9.17, 15) is 14.4 Å². The Balaban J connectivity index is 2.26. The highest BCUT2D eigenvalue weighted by Crippen LogP contribution is 2.27. The number of hydrogen-bond donors (Lipinski definition) is 3. The maximum atomic E-state index is 11.9. The molecule has 0 atom stereocenters. The van der Waals surface area contributed by atoms with Crippen LogP contribution < -0.4 is 16.4 Å². The highest BCUT2D eigenvalue weighted by molar-refractivity contribution is 6.12. The normalized spacial score (nSPS) is 10.1. The number of urea groups is 1. The van der Waals surface area contributed by atoms with E-state index in [1.165, 1.54) is 13.8 Å². The molecule has 0 saturated carbocycles. The minimum atomic E-state index is -0.850. The number of aryl methyl sites for hydroxylation is 1. The van der Waals surface area contributed by atoms with Crippen molar-refractivity contribution in [2.24, 2.45) is 5.73 Å². The molecule has 3 amide bonds. The Hall–Kier alpha value is -3.09. The van der Waals surface area contributed by atoms with Gasteiger partial charge >= 0.3 is 6.03 Å². The van der Waals surface area contributed by atoms with Gasteiger partial charge in [0.1, 0.15) is 11.3 Å². The molecule has 22 heavy (non-hydrogen) atoms. The molecule has 7 heteroatoms. The Morgan fingerprint density at radius 1 is 1.05 bits per heavy atom. The molecular weight excluding hydrogens is 286 g/mol. The van der Waals surface area contributed by atoms with Gasteiger partial charge in [-0.05, 0) is 26.0 Å². The number of furan rings is 1. The lowest BCUT2D eigenvalue weighted by Crippen LogP contribution is -2.22. The predicted octanol–water partition coefficient (Wildman–Crippen LogP) is 2.53. The molecule has 0 unspecified atom stereocenters. The number of hydrogen-bond acceptors (Lipinski definition) is 4. The number of carbonyl (C=O) groups excluding carboxylic acids is 3. The van der Waals surface area contributed by atoms with E-state index in [2.05, 4.69) is 10.6 Å². The number of amides is 3. The van der Waals surface area contributed by atoms with Gasteiger partial charge in [0.05, 0.1) is 5.56 Å². The molecule has 0 aliphatic heterocycles. The Morgan fingerprint density at radius 3 is 2.23 bits per heavy atom. The van der Waals surface area contributed by atoms with E-state index in [1.54, 1.807) is 24.3 Å². The van der Waals surface area contributed by atoms with Crippen molar-refractivity contribution < 1.29 is 18.8 Å². The Labute approximate surface area is 126 Å². The standard InChI is InChI=1S/C15H15N3O4/c1-8(19)11-9(2)22-14(12(11)13(16)20)18-15(21)17-10-6-4-3-5-7-10/h3-7H,1-2H3,(H2,16,20)(H2,17,18,21). The molecule has 1 aromatic carbocycles. The lowest BCUT2D eigenvalue weighted by Gasteiger charge is -2.06. The number of Topliss-reactive ketones (excluding diaryl/α,β-unsaturated/α-hetero) is 1. The average molecular weight is 301 g/mol. The van der Waals surface area contributed by atoms with Gasteiger partial charge in [0.15, 0.2) is 5.78 Å². The zero-order valence-corrected chi connectivity index (χ0v) is 12.1. The summed E-state index contributed by atoms with van der Waals surface area (Å²) in [5, 5.41) is 4.95. The van der Waals surface area contributed by atoms with Crippen LogP contribution in [0.5, 0.6) is 0 Å². The number of carbonyl (C=O) groups is 3. The van der Waals surface area contributed by atoms with Gasteiger partial charge in [-0.15, -0.1) is 0 Å². The minimum Gasteiger partial charge on any atom is -0.444 e. The molecule has 0 aliphatic carbocycles. The summed E-state index contributed by atoms with van der Waals surface area (Å²) in [6.45, 7) is 2.81. The van der Waals surface area contributed by atoms with E-state index in [0.29, 0.717) is 5.69 Å². The SMILES string of the molecule is CC(=O)c1c(C)oc(NC(=O)Nc2ccccc2)c1C(N)=O. The second-order valence-corrected chi connectivity index (χ2v) is 4.60. The molecule has 1 aromatic heterocycles. The number of nitrogens with two attached hydrogens (primary N) is 1.